The molecule has 1 atom stereocenters. The van der Waals surface area contributed by atoms with Crippen LogP contribution in [0.15, 0.2) is 35.9 Å². The van der Waals surface area contributed by atoms with Gasteiger partial charge in [0, 0.05) is 18.8 Å². The summed E-state index contributed by atoms with van der Waals surface area (Å²) in [4.78, 5) is 8.27. The number of hydrogen-bond donors (Lipinski definition) is 0. The summed E-state index contributed by atoms with van der Waals surface area (Å²) in [6, 6.07) is 1.98. The van der Waals surface area contributed by atoms with Gasteiger partial charge in [-0.25, -0.2) is 14.6 Å². The average Bonchev–Trinajstić information content (AvgIpc) is 3.00. The van der Waals surface area contributed by atoms with E-state index < -0.39 is 0 Å². The molecule has 0 N–H and O–H groups in total. The first-order chi connectivity index (χ1) is 11.0. The number of allylic oxidation sites excluding steroid dienone is 2. The lowest BCUT2D eigenvalue weighted by Crippen LogP contribution is -2.22. The van der Waals surface area contributed by atoms with Crippen LogP contribution in [0, 0.1) is 5.41 Å². The highest BCUT2D eigenvalue weighted by atomic mass is 15.4. The average molecular weight is 311 g/mol. The van der Waals surface area contributed by atoms with Crippen LogP contribution in [0.1, 0.15) is 64.4 Å². The van der Waals surface area contributed by atoms with Crippen LogP contribution in [0.3, 0.4) is 0 Å². The zero-order valence-corrected chi connectivity index (χ0v) is 14.5. The van der Waals surface area contributed by atoms with Gasteiger partial charge in [-0.15, -0.1) is 5.10 Å². The molecular formula is C18H25N5. The lowest BCUT2D eigenvalue weighted by Gasteiger charge is -2.34. The Hall–Kier alpha value is -2.04. The molecule has 122 valence electrons. The molecule has 0 spiro atoms. The number of aromatic nitrogens is 5. The van der Waals surface area contributed by atoms with Crippen LogP contribution < -0.4 is 0 Å². The second-order valence-electron chi connectivity index (χ2n) is 7.17. The molecule has 0 radical (unpaired) electrons. The summed E-state index contributed by atoms with van der Waals surface area (Å²) in [5.74, 6) is 0. The summed E-state index contributed by atoms with van der Waals surface area (Å²) >= 11 is 0. The van der Waals surface area contributed by atoms with E-state index in [0.29, 0.717) is 0 Å². The summed E-state index contributed by atoms with van der Waals surface area (Å²) in [6.07, 6.45) is 10.0. The zero-order chi connectivity index (χ0) is 16.4. The van der Waals surface area contributed by atoms with Crippen molar-refractivity contribution in [3.05, 3.63) is 47.3 Å². The second-order valence-corrected chi connectivity index (χ2v) is 7.17. The van der Waals surface area contributed by atoms with Gasteiger partial charge in [0.1, 0.15) is 6.33 Å². The Bertz CT molecular complexity index is 699. The van der Waals surface area contributed by atoms with Crippen molar-refractivity contribution in [3.63, 3.8) is 0 Å². The van der Waals surface area contributed by atoms with Crippen LogP contribution in [0.25, 0.3) is 0 Å². The summed E-state index contributed by atoms with van der Waals surface area (Å²) < 4.78 is 1.89. The minimum absolute atomic E-state index is 0.0636. The van der Waals surface area contributed by atoms with Gasteiger partial charge in [0.2, 0.25) is 0 Å². The molecule has 0 saturated carbocycles. The summed E-state index contributed by atoms with van der Waals surface area (Å²) in [5.41, 5.74) is 5.31. The number of nitrogens with zero attached hydrogens (tertiary/aromatic N) is 5. The van der Waals surface area contributed by atoms with Crippen molar-refractivity contribution in [3.8, 4) is 0 Å². The van der Waals surface area contributed by atoms with E-state index in [4.69, 9.17) is 0 Å². The van der Waals surface area contributed by atoms with E-state index in [-0.39, 0.29) is 11.5 Å². The first-order valence-electron chi connectivity index (χ1n) is 8.33. The van der Waals surface area contributed by atoms with E-state index in [2.05, 4.69) is 54.2 Å². The molecule has 1 aliphatic carbocycles. The van der Waals surface area contributed by atoms with Gasteiger partial charge >= 0.3 is 0 Å². The number of rotatable bonds is 4. The van der Waals surface area contributed by atoms with E-state index in [1.807, 2.05) is 10.7 Å². The zero-order valence-electron chi connectivity index (χ0n) is 14.5. The molecule has 0 saturated heterocycles. The van der Waals surface area contributed by atoms with Crippen molar-refractivity contribution >= 4 is 0 Å². The molecule has 0 bridgehead atoms. The van der Waals surface area contributed by atoms with Crippen LogP contribution in [0.4, 0.5) is 0 Å². The topological polar surface area (TPSA) is 56.5 Å². The molecule has 0 aliphatic heterocycles. The Morgan fingerprint density at radius 1 is 1.35 bits per heavy atom. The summed E-state index contributed by atoms with van der Waals surface area (Å²) in [7, 11) is 0. The van der Waals surface area contributed by atoms with Gasteiger partial charge in [-0.05, 0) is 44.6 Å². The maximum atomic E-state index is 4.39. The molecule has 1 unspecified atom stereocenters. The predicted octanol–water partition coefficient (Wildman–Crippen LogP) is 3.75. The molecule has 0 fully saturated rings. The Kier molecular flexibility index (Phi) is 4.28. The molecule has 2 aromatic rings. The van der Waals surface area contributed by atoms with Crippen molar-refractivity contribution in [1.29, 1.82) is 0 Å². The van der Waals surface area contributed by atoms with Crippen molar-refractivity contribution in [2.24, 2.45) is 5.41 Å². The van der Waals surface area contributed by atoms with Gasteiger partial charge in [-0.1, -0.05) is 30.2 Å². The SMILES string of the molecule is CC1=C(Cc2cn(C(C)c3ccncn3)nn2)C(C)(C)CCC1. The quantitative estimate of drug-likeness (QED) is 0.807. The fraction of sp³-hybridized carbons (Fsp3) is 0.556. The minimum Gasteiger partial charge on any atom is -0.245 e. The van der Waals surface area contributed by atoms with Crippen molar-refractivity contribution in [1.82, 2.24) is 25.0 Å². The molecule has 5 nitrogen and oxygen atoms in total. The molecule has 2 heterocycles. The largest absolute Gasteiger partial charge is 0.245 e. The third-order valence-electron chi connectivity index (χ3n) is 5.03. The van der Waals surface area contributed by atoms with Crippen molar-refractivity contribution in [2.45, 2.75) is 59.4 Å². The van der Waals surface area contributed by atoms with Gasteiger partial charge in [-0.3, -0.25) is 0 Å². The fourth-order valence-corrected chi connectivity index (χ4v) is 3.51. The Morgan fingerprint density at radius 3 is 2.87 bits per heavy atom. The van der Waals surface area contributed by atoms with Gasteiger partial charge in [0.25, 0.3) is 0 Å². The van der Waals surface area contributed by atoms with E-state index in [1.165, 1.54) is 30.4 Å². The standard InChI is InChI=1S/C18H25N5/c1-13-6-5-8-18(3,4)16(13)10-15-11-23(22-21-15)14(2)17-7-9-19-12-20-17/h7,9,11-12,14H,5-6,8,10H2,1-4H3. The highest BCUT2D eigenvalue weighted by molar-refractivity contribution is 5.26. The molecule has 1 aliphatic rings. The van der Waals surface area contributed by atoms with Crippen LogP contribution in [0.2, 0.25) is 0 Å². The normalized spacial score (nSPS) is 19.0. The minimum atomic E-state index is 0.0636. The van der Waals surface area contributed by atoms with Crippen LogP contribution >= 0.6 is 0 Å². The molecule has 5 heteroatoms. The van der Waals surface area contributed by atoms with Crippen LogP contribution in [0.5, 0.6) is 0 Å². The fourth-order valence-electron chi connectivity index (χ4n) is 3.51. The molecule has 23 heavy (non-hydrogen) atoms. The molecule has 0 amide bonds. The van der Waals surface area contributed by atoms with Gasteiger partial charge in [-0.2, -0.15) is 0 Å². The third-order valence-corrected chi connectivity index (χ3v) is 5.03. The maximum absolute atomic E-state index is 4.39. The molecule has 0 aromatic carbocycles. The molecule has 2 aromatic heterocycles. The first-order valence-corrected chi connectivity index (χ1v) is 8.33. The lowest BCUT2D eigenvalue weighted by atomic mass is 9.71. The van der Waals surface area contributed by atoms with E-state index >= 15 is 0 Å². The van der Waals surface area contributed by atoms with E-state index in [9.17, 15) is 0 Å². The van der Waals surface area contributed by atoms with Gasteiger partial charge in [0.05, 0.1) is 17.4 Å². The molecule has 3 rings (SSSR count). The smallest absolute Gasteiger partial charge is 0.115 e. The van der Waals surface area contributed by atoms with E-state index in [1.54, 1.807) is 12.5 Å². The summed E-state index contributed by atoms with van der Waals surface area (Å²) in [5, 5.41) is 8.71. The first kappa shape index (κ1) is 15.8. The second kappa shape index (κ2) is 6.22. The Morgan fingerprint density at radius 2 is 2.17 bits per heavy atom. The van der Waals surface area contributed by atoms with E-state index in [0.717, 1.165) is 17.8 Å². The monoisotopic (exact) mass is 311 g/mol. The lowest BCUT2D eigenvalue weighted by molar-refractivity contribution is 0.358. The number of hydrogen-bond acceptors (Lipinski definition) is 4. The van der Waals surface area contributed by atoms with Gasteiger partial charge in [0.15, 0.2) is 0 Å². The third kappa shape index (κ3) is 3.33. The van der Waals surface area contributed by atoms with Crippen LogP contribution in [-0.4, -0.2) is 25.0 Å². The molecular weight excluding hydrogens is 286 g/mol. The maximum Gasteiger partial charge on any atom is 0.115 e. The predicted molar refractivity (Wildman–Crippen MR) is 89.9 cm³/mol. The Labute approximate surface area is 137 Å². The van der Waals surface area contributed by atoms with Gasteiger partial charge < -0.3 is 0 Å². The van der Waals surface area contributed by atoms with Crippen molar-refractivity contribution < 1.29 is 0 Å². The highest BCUT2D eigenvalue weighted by Crippen LogP contribution is 2.41. The highest BCUT2D eigenvalue weighted by Gasteiger charge is 2.29. The van der Waals surface area contributed by atoms with Crippen LogP contribution in [-0.2, 0) is 6.42 Å². The summed E-state index contributed by atoms with van der Waals surface area (Å²) in [6.45, 7) is 9.04. The Balaban J connectivity index is 1.80. The van der Waals surface area contributed by atoms with Crippen molar-refractivity contribution in [2.75, 3.05) is 0 Å².